The second kappa shape index (κ2) is 10.1. The van der Waals surface area contributed by atoms with Crippen molar-refractivity contribution in [3.05, 3.63) is 103 Å². The van der Waals surface area contributed by atoms with Gasteiger partial charge in [0.15, 0.2) is 0 Å². The minimum atomic E-state index is -0.204. The number of ether oxygens (including phenoxy) is 1. The summed E-state index contributed by atoms with van der Waals surface area (Å²) >= 11 is 0. The zero-order chi connectivity index (χ0) is 24.9. The van der Waals surface area contributed by atoms with Crippen LogP contribution in [-0.2, 0) is 0 Å². The van der Waals surface area contributed by atoms with Crippen LogP contribution in [0.25, 0.3) is 22.4 Å². The molecule has 1 amide bonds. The van der Waals surface area contributed by atoms with Crippen LogP contribution in [0.4, 0.5) is 11.6 Å². The molecule has 0 radical (unpaired) electrons. The Morgan fingerprint density at radius 2 is 1.86 bits per heavy atom. The van der Waals surface area contributed by atoms with Gasteiger partial charge in [-0.25, -0.2) is 15.0 Å². The number of amides is 1. The quantitative estimate of drug-likeness (QED) is 0.288. The first-order valence-corrected chi connectivity index (χ1v) is 11.3. The lowest BCUT2D eigenvalue weighted by Gasteiger charge is -2.13. The summed E-state index contributed by atoms with van der Waals surface area (Å²) < 4.78 is 11.3. The minimum absolute atomic E-state index is 0.204. The number of hydrogen-bond acceptors (Lipinski definition) is 7. The normalized spacial score (nSPS) is 10.6. The third kappa shape index (κ3) is 4.92. The van der Waals surface area contributed by atoms with Crippen LogP contribution in [0.5, 0.6) is 11.6 Å². The van der Waals surface area contributed by atoms with Gasteiger partial charge >= 0.3 is 0 Å². The number of benzene rings is 2. The number of nitrogens with zero attached hydrogens (tertiary/aromatic N) is 3. The zero-order valence-corrected chi connectivity index (χ0v) is 19.7. The van der Waals surface area contributed by atoms with E-state index in [9.17, 15) is 4.79 Å². The average Bonchev–Trinajstić information content (AvgIpc) is 3.46. The molecule has 3 aromatic heterocycles. The first kappa shape index (κ1) is 22.8. The van der Waals surface area contributed by atoms with Gasteiger partial charge in [0.05, 0.1) is 23.8 Å². The number of carbonyl (C=O) groups excluding carboxylic acids is 1. The van der Waals surface area contributed by atoms with Crippen molar-refractivity contribution in [2.45, 2.75) is 6.92 Å². The number of pyridine rings is 1. The monoisotopic (exact) mass is 477 g/mol. The molecule has 0 aliphatic carbocycles. The predicted octanol–water partition coefficient (Wildman–Crippen LogP) is 6.19. The lowest BCUT2D eigenvalue weighted by Crippen LogP contribution is -2.12. The fourth-order valence-electron chi connectivity index (χ4n) is 3.71. The van der Waals surface area contributed by atoms with E-state index in [1.165, 1.54) is 0 Å². The molecule has 8 heteroatoms. The van der Waals surface area contributed by atoms with Crippen molar-refractivity contribution >= 4 is 17.5 Å². The Kier molecular flexibility index (Phi) is 6.40. The van der Waals surface area contributed by atoms with Crippen molar-refractivity contribution in [1.29, 1.82) is 0 Å². The average molecular weight is 478 g/mol. The third-order valence-corrected chi connectivity index (χ3v) is 5.54. The Bertz CT molecular complexity index is 1520. The summed E-state index contributed by atoms with van der Waals surface area (Å²) in [7, 11) is 1.76. The molecule has 8 nitrogen and oxygen atoms in total. The van der Waals surface area contributed by atoms with Crippen LogP contribution in [0.3, 0.4) is 0 Å². The van der Waals surface area contributed by atoms with Crippen LogP contribution >= 0.6 is 0 Å². The molecule has 36 heavy (non-hydrogen) atoms. The van der Waals surface area contributed by atoms with Gasteiger partial charge in [0, 0.05) is 36.3 Å². The van der Waals surface area contributed by atoms with E-state index in [0.717, 1.165) is 22.3 Å². The van der Waals surface area contributed by atoms with Crippen molar-refractivity contribution in [3.63, 3.8) is 0 Å². The molecule has 0 saturated carbocycles. The molecule has 0 aliphatic heterocycles. The topological polar surface area (TPSA) is 102 Å². The largest absolute Gasteiger partial charge is 0.472 e. The minimum Gasteiger partial charge on any atom is -0.472 e. The third-order valence-electron chi connectivity index (χ3n) is 5.54. The highest BCUT2D eigenvalue weighted by Crippen LogP contribution is 2.33. The molecule has 0 saturated heterocycles. The molecule has 0 bridgehead atoms. The smallest absolute Gasteiger partial charge is 0.255 e. The molecule has 5 aromatic rings. The van der Waals surface area contributed by atoms with Gasteiger partial charge in [-0.1, -0.05) is 12.1 Å². The van der Waals surface area contributed by atoms with Gasteiger partial charge in [-0.2, -0.15) is 0 Å². The number of carbonyl (C=O) groups is 1. The Morgan fingerprint density at radius 1 is 0.944 bits per heavy atom. The summed E-state index contributed by atoms with van der Waals surface area (Å²) in [6, 6.07) is 20.2. The summed E-state index contributed by atoms with van der Waals surface area (Å²) in [5, 5.41) is 5.89. The lowest BCUT2D eigenvalue weighted by molar-refractivity contribution is 0.102. The number of aromatic nitrogens is 3. The van der Waals surface area contributed by atoms with Crippen molar-refractivity contribution in [1.82, 2.24) is 15.0 Å². The van der Waals surface area contributed by atoms with Crippen molar-refractivity contribution in [2.75, 3.05) is 17.7 Å². The predicted molar refractivity (Wildman–Crippen MR) is 138 cm³/mol. The van der Waals surface area contributed by atoms with E-state index in [-0.39, 0.29) is 5.91 Å². The highest BCUT2D eigenvalue weighted by atomic mass is 16.5. The highest BCUT2D eigenvalue weighted by Gasteiger charge is 2.14. The molecule has 178 valence electrons. The van der Waals surface area contributed by atoms with E-state index in [0.29, 0.717) is 34.5 Å². The van der Waals surface area contributed by atoms with Crippen LogP contribution in [-0.4, -0.2) is 27.9 Å². The SMILES string of the molecule is CNc1nccc(-c2cccnc2Oc2ccc(NC(=O)c3cccc(-c4ccoc4)c3)cc2C)n1. The van der Waals surface area contributed by atoms with Crippen LogP contribution in [0.1, 0.15) is 15.9 Å². The van der Waals surface area contributed by atoms with Crippen molar-refractivity contribution in [3.8, 4) is 34.0 Å². The Morgan fingerprint density at radius 3 is 2.67 bits per heavy atom. The van der Waals surface area contributed by atoms with Crippen LogP contribution in [0, 0.1) is 6.92 Å². The van der Waals surface area contributed by atoms with Gasteiger partial charge in [0.25, 0.3) is 5.91 Å². The lowest BCUT2D eigenvalue weighted by atomic mass is 10.1. The molecule has 5 rings (SSSR count). The molecule has 0 aliphatic rings. The maximum Gasteiger partial charge on any atom is 0.255 e. The molecular weight excluding hydrogens is 454 g/mol. The molecule has 2 N–H and O–H groups in total. The summed E-state index contributed by atoms with van der Waals surface area (Å²) in [5.41, 5.74) is 5.32. The number of furan rings is 1. The maximum atomic E-state index is 12.9. The summed E-state index contributed by atoms with van der Waals surface area (Å²) in [6.45, 7) is 1.91. The van der Waals surface area contributed by atoms with Crippen molar-refractivity contribution < 1.29 is 13.9 Å². The Labute approximate surface area is 208 Å². The van der Waals surface area contributed by atoms with Gasteiger partial charge in [-0.05, 0) is 72.6 Å². The standard InChI is InChI=1S/C28H23N5O3/c1-18-15-22(32-26(34)20-6-3-5-19(16-20)21-11-14-35-17-21)8-9-25(18)36-27-23(7-4-12-30-27)24-10-13-31-28(29-2)33-24/h3-17H,1-2H3,(H,32,34)(H,29,31,33). The van der Waals surface area contributed by atoms with Gasteiger partial charge in [0.1, 0.15) is 5.75 Å². The number of hydrogen-bond donors (Lipinski definition) is 2. The molecule has 2 aromatic carbocycles. The fraction of sp³-hybridized carbons (Fsp3) is 0.0714. The van der Waals surface area contributed by atoms with Crippen LogP contribution in [0.2, 0.25) is 0 Å². The second-order valence-corrected chi connectivity index (χ2v) is 8.00. The maximum absolute atomic E-state index is 12.9. The molecular formula is C28H23N5O3. The fourth-order valence-corrected chi connectivity index (χ4v) is 3.71. The van der Waals surface area contributed by atoms with E-state index < -0.39 is 0 Å². The van der Waals surface area contributed by atoms with E-state index in [1.54, 1.807) is 50.2 Å². The molecule has 0 unspecified atom stereocenters. The highest BCUT2D eigenvalue weighted by molar-refractivity contribution is 6.05. The summed E-state index contributed by atoms with van der Waals surface area (Å²) in [4.78, 5) is 25.9. The van der Waals surface area contributed by atoms with Gasteiger partial charge in [0.2, 0.25) is 11.8 Å². The zero-order valence-electron chi connectivity index (χ0n) is 19.7. The van der Waals surface area contributed by atoms with E-state index in [2.05, 4.69) is 25.6 Å². The molecule has 0 fully saturated rings. The van der Waals surface area contributed by atoms with E-state index >= 15 is 0 Å². The van der Waals surface area contributed by atoms with Crippen LogP contribution in [0.15, 0.2) is 96.1 Å². The van der Waals surface area contributed by atoms with Crippen molar-refractivity contribution in [2.24, 2.45) is 0 Å². The Balaban J connectivity index is 1.34. The number of rotatable bonds is 7. The van der Waals surface area contributed by atoms with Gasteiger partial charge in [-0.3, -0.25) is 4.79 Å². The van der Waals surface area contributed by atoms with Gasteiger partial charge < -0.3 is 19.8 Å². The Hall–Kier alpha value is -4.98. The van der Waals surface area contributed by atoms with E-state index in [4.69, 9.17) is 9.15 Å². The number of anilines is 2. The van der Waals surface area contributed by atoms with Gasteiger partial charge in [-0.15, -0.1) is 0 Å². The molecule has 3 heterocycles. The van der Waals surface area contributed by atoms with E-state index in [1.807, 2.05) is 55.5 Å². The van der Waals surface area contributed by atoms with Crippen LogP contribution < -0.4 is 15.4 Å². The molecule has 0 atom stereocenters. The first-order valence-electron chi connectivity index (χ1n) is 11.3. The first-order chi connectivity index (χ1) is 17.6. The number of aryl methyl sites for hydroxylation is 1. The number of nitrogens with one attached hydrogen (secondary N) is 2. The second-order valence-electron chi connectivity index (χ2n) is 8.00. The summed E-state index contributed by atoms with van der Waals surface area (Å²) in [5.74, 6) is 1.35. The summed E-state index contributed by atoms with van der Waals surface area (Å²) in [6.07, 6.45) is 6.60. The molecule has 0 spiro atoms.